The highest BCUT2D eigenvalue weighted by atomic mass is 16.2. The van der Waals surface area contributed by atoms with Crippen molar-refractivity contribution < 1.29 is 4.79 Å². The molecule has 0 aliphatic rings. The van der Waals surface area contributed by atoms with Crippen molar-refractivity contribution in [3.63, 3.8) is 0 Å². The van der Waals surface area contributed by atoms with Gasteiger partial charge in [-0.1, -0.05) is 43.3 Å². The monoisotopic (exact) mass is 454 g/mol. The van der Waals surface area contributed by atoms with Gasteiger partial charge < -0.3 is 10.2 Å². The van der Waals surface area contributed by atoms with Crippen LogP contribution in [0.25, 0.3) is 16.6 Å². The SMILES string of the molecule is CCc1ccc(NC(=O)N(C)C(C)c2nc3ccccc3c(=O)n2-c2cc(C)ccc2C)cc1. The number of urea groups is 1. The second kappa shape index (κ2) is 9.51. The summed E-state index contributed by atoms with van der Waals surface area (Å²) < 4.78 is 1.65. The normalized spacial score (nSPS) is 11.9. The number of rotatable bonds is 5. The predicted octanol–water partition coefficient (Wildman–Crippen LogP) is 5.79. The summed E-state index contributed by atoms with van der Waals surface area (Å²) in [4.78, 5) is 33.2. The van der Waals surface area contributed by atoms with Crippen LogP contribution in [0.15, 0.2) is 71.5 Å². The number of nitrogens with one attached hydrogen (secondary N) is 1. The number of para-hydroxylation sites is 1. The first-order chi connectivity index (χ1) is 16.3. The van der Waals surface area contributed by atoms with E-state index >= 15 is 0 Å². The molecule has 6 nitrogen and oxygen atoms in total. The van der Waals surface area contributed by atoms with Crippen LogP contribution in [0.1, 0.15) is 42.4 Å². The lowest BCUT2D eigenvalue weighted by molar-refractivity contribution is 0.205. The number of amides is 2. The zero-order chi connectivity index (χ0) is 24.4. The fraction of sp³-hybridized carbons (Fsp3) is 0.250. The molecule has 1 unspecified atom stereocenters. The Bertz CT molecular complexity index is 1410. The fourth-order valence-corrected chi connectivity index (χ4v) is 4.01. The number of nitrogens with zero attached hydrogens (tertiary/aromatic N) is 3. The van der Waals surface area contributed by atoms with E-state index in [0.29, 0.717) is 16.7 Å². The van der Waals surface area contributed by atoms with Crippen molar-refractivity contribution in [2.45, 2.75) is 40.2 Å². The molecule has 1 heterocycles. The molecule has 0 aliphatic heterocycles. The van der Waals surface area contributed by atoms with E-state index in [0.717, 1.165) is 28.9 Å². The summed E-state index contributed by atoms with van der Waals surface area (Å²) in [7, 11) is 1.72. The van der Waals surface area contributed by atoms with E-state index < -0.39 is 6.04 Å². The molecule has 6 heteroatoms. The molecular formula is C28H30N4O2. The number of anilines is 1. The molecule has 4 rings (SSSR count). The van der Waals surface area contributed by atoms with Gasteiger partial charge in [0.1, 0.15) is 5.82 Å². The molecule has 0 radical (unpaired) electrons. The van der Waals surface area contributed by atoms with Gasteiger partial charge in [0, 0.05) is 12.7 Å². The number of fused-ring (bicyclic) bond motifs is 1. The van der Waals surface area contributed by atoms with Crippen molar-refractivity contribution in [1.29, 1.82) is 0 Å². The third-order valence-corrected chi connectivity index (χ3v) is 6.30. The van der Waals surface area contributed by atoms with E-state index in [9.17, 15) is 9.59 Å². The third kappa shape index (κ3) is 4.44. The molecule has 0 bridgehead atoms. The van der Waals surface area contributed by atoms with E-state index in [-0.39, 0.29) is 11.6 Å². The maximum absolute atomic E-state index is 13.7. The lowest BCUT2D eigenvalue weighted by Gasteiger charge is -2.27. The van der Waals surface area contributed by atoms with Crippen molar-refractivity contribution in [3.8, 4) is 5.69 Å². The van der Waals surface area contributed by atoms with Crippen LogP contribution >= 0.6 is 0 Å². The molecule has 0 saturated carbocycles. The Morgan fingerprint density at radius 1 is 1.06 bits per heavy atom. The predicted molar refractivity (Wildman–Crippen MR) is 138 cm³/mol. The first-order valence-electron chi connectivity index (χ1n) is 11.5. The summed E-state index contributed by atoms with van der Waals surface area (Å²) in [5.41, 5.74) is 5.17. The van der Waals surface area contributed by atoms with Crippen LogP contribution in [0.5, 0.6) is 0 Å². The Balaban J connectivity index is 1.78. The van der Waals surface area contributed by atoms with Gasteiger partial charge in [0.2, 0.25) is 0 Å². The van der Waals surface area contributed by atoms with Gasteiger partial charge in [-0.2, -0.15) is 0 Å². The Kier molecular flexibility index (Phi) is 6.50. The number of aromatic nitrogens is 2. The van der Waals surface area contributed by atoms with E-state index in [1.807, 2.05) is 81.4 Å². The van der Waals surface area contributed by atoms with Gasteiger partial charge in [0.15, 0.2) is 0 Å². The Hall–Kier alpha value is -3.93. The van der Waals surface area contributed by atoms with E-state index in [4.69, 9.17) is 4.98 Å². The first-order valence-corrected chi connectivity index (χ1v) is 11.5. The minimum Gasteiger partial charge on any atom is -0.318 e. The number of carbonyl (C=O) groups excluding carboxylic acids is 1. The molecule has 3 aromatic carbocycles. The molecule has 0 spiro atoms. The average molecular weight is 455 g/mol. The summed E-state index contributed by atoms with van der Waals surface area (Å²) >= 11 is 0. The van der Waals surface area contributed by atoms with Gasteiger partial charge in [-0.05, 0) is 74.2 Å². The molecule has 174 valence electrons. The summed E-state index contributed by atoms with van der Waals surface area (Å²) in [5.74, 6) is 0.511. The summed E-state index contributed by atoms with van der Waals surface area (Å²) in [6.45, 7) is 7.95. The van der Waals surface area contributed by atoms with Crippen LogP contribution in [0.2, 0.25) is 0 Å². The quantitative estimate of drug-likeness (QED) is 0.415. The largest absolute Gasteiger partial charge is 0.322 e. The molecule has 1 N–H and O–H groups in total. The van der Waals surface area contributed by atoms with E-state index in [2.05, 4.69) is 12.2 Å². The number of carbonyl (C=O) groups is 1. The Morgan fingerprint density at radius 2 is 1.76 bits per heavy atom. The topological polar surface area (TPSA) is 67.2 Å². The minimum absolute atomic E-state index is 0.148. The van der Waals surface area contributed by atoms with Crippen LogP contribution < -0.4 is 10.9 Å². The van der Waals surface area contributed by atoms with Crippen LogP contribution in [0.3, 0.4) is 0 Å². The lowest BCUT2D eigenvalue weighted by atomic mass is 10.1. The third-order valence-electron chi connectivity index (χ3n) is 6.30. The number of hydrogen-bond acceptors (Lipinski definition) is 3. The fourth-order valence-electron chi connectivity index (χ4n) is 4.01. The van der Waals surface area contributed by atoms with Gasteiger partial charge in [-0.25, -0.2) is 9.78 Å². The molecular weight excluding hydrogens is 424 g/mol. The maximum atomic E-state index is 13.7. The van der Waals surface area contributed by atoms with Crippen molar-refractivity contribution in [2.24, 2.45) is 0 Å². The van der Waals surface area contributed by atoms with Crippen LogP contribution in [0, 0.1) is 13.8 Å². The van der Waals surface area contributed by atoms with Crippen molar-refractivity contribution in [1.82, 2.24) is 14.5 Å². The molecule has 0 aliphatic carbocycles. The Labute approximate surface area is 199 Å². The van der Waals surface area contributed by atoms with Crippen LogP contribution in [-0.2, 0) is 6.42 Å². The van der Waals surface area contributed by atoms with Crippen LogP contribution in [-0.4, -0.2) is 27.5 Å². The highest BCUT2D eigenvalue weighted by molar-refractivity contribution is 5.89. The zero-order valence-corrected chi connectivity index (χ0v) is 20.3. The second-order valence-corrected chi connectivity index (χ2v) is 8.69. The molecule has 1 atom stereocenters. The van der Waals surface area contributed by atoms with Gasteiger partial charge >= 0.3 is 6.03 Å². The highest BCUT2D eigenvalue weighted by Gasteiger charge is 2.25. The number of benzene rings is 3. The highest BCUT2D eigenvalue weighted by Crippen LogP contribution is 2.24. The first kappa shape index (κ1) is 23.2. The summed E-state index contributed by atoms with van der Waals surface area (Å²) in [5, 5.41) is 3.49. The standard InChI is InChI=1S/C28H30N4O2/c1-6-21-13-15-22(16-14-21)29-28(34)31(5)20(4)26-30-24-10-8-7-9-23(24)27(33)32(26)25-17-18(2)11-12-19(25)3/h7-17,20H,6H2,1-5H3,(H,29,34). The maximum Gasteiger partial charge on any atom is 0.322 e. The van der Waals surface area contributed by atoms with Crippen molar-refractivity contribution in [2.75, 3.05) is 12.4 Å². The number of aryl methyl sites for hydroxylation is 3. The summed E-state index contributed by atoms with van der Waals surface area (Å²) in [6, 6.07) is 20.4. The van der Waals surface area contributed by atoms with Crippen molar-refractivity contribution in [3.05, 3.63) is 99.6 Å². The summed E-state index contributed by atoms with van der Waals surface area (Å²) in [6.07, 6.45) is 0.939. The smallest absolute Gasteiger partial charge is 0.318 e. The molecule has 0 fully saturated rings. The molecule has 0 saturated heterocycles. The second-order valence-electron chi connectivity index (χ2n) is 8.69. The zero-order valence-electron chi connectivity index (χ0n) is 20.3. The van der Waals surface area contributed by atoms with E-state index in [1.54, 1.807) is 22.6 Å². The molecule has 1 aromatic heterocycles. The molecule has 4 aromatic rings. The van der Waals surface area contributed by atoms with E-state index in [1.165, 1.54) is 5.56 Å². The minimum atomic E-state index is -0.466. The number of hydrogen-bond donors (Lipinski definition) is 1. The van der Waals surface area contributed by atoms with Gasteiger partial charge in [0.25, 0.3) is 5.56 Å². The van der Waals surface area contributed by atoms with Gasteiger partial charge in [-0.15, -0.1) is 0 Å². The van der Waals surface area contributed by atoms with Gasteiger partial charge in [-0.3, -0.25) is 9.36 Å². The Morgan fingerprint density at radius 3 is 2.47 bits per heavy atom. The van der Waals surface area contributed by atoms with Crippen LogP contribution in [0.4, 0.5) is 10.5 Å². The van der Waals surface area contributed by atoms with Crippen molar-refractivity contribution >= 4 is 22.6 Å². The average Bonchev–Trinajstić information content (AvgIpc) is 2.85. The van der Waals surface area contributed by atoms with Gasteiger partial charge in [0.05, 0.1) is 22.6 Å². The lowest BCUT2D eigenvalue weighted by Crippen LogP contribution is -2.37. The molecule has 2 amide bonds. The molecule has 34 heavy (non-hydrogen) atoms.